The van der Waals surface area contributed by atoms with Gasteiger partial charge in [0.2, 0.25) is 5.91 Å². The van der Waals surface area contributed by atoms with E-state index in [4.69, 9.17) is 14.7 Å². The summed E-state index contributed by atoms with van der Waals surface area (Å²) in [5, 5.41) is 14.7. The minimum Gasteiger partial charge on any atom is -0.495 e. The molecule has 0 atom stereocenters. The van der Waals surface area contributed by atoms with Crippen LogP contribution in [0.1, 0.15) is 12.0 Å². The highest BCUT2D eigenvalue weighted by Crippen LogP contribution is 2.27. The van der Waals surface area contributed by atoms with E-state index in [-0.39, 0.29) is 12.5 Å². The molecule has 6 nitrogen and oxygen atoms in total. The first kappa shape index (κ1) is 15.8. The topological polar surface area (TPSA) is 83.4 Å². The number of nitrogens with one attached hydrogen (secondary N) is 2. The number of nitrogens with zero attached hydrogens (tertiary/aromatic N) is 1. The van der Waals surface area contributed by atoms with Crippen LogP contribution >= 0.6 is 0 Å². The maximum Gasteiger partial charge on any atom is 0.239 e. The van der Waals surface area contributed by atoms with Crippen LogP contribution in [0.4, 0.5) is 5.69 Å². The van der Waals surface area contributed by atoms with Crippen molar-refractivity contribution in [3.05, 3.63) is 23.8 Å². The number of ether oxygens (including phenoxy) is 2. The zero-order valence-corrected chi connectivity index (χ0v) is 11.7. The van der Waals surface area contributed by atoms with Crippen molar-refractivity contribution >= 4 is 11.6 Å². The summed E-state index contributed by atoms with van der Waals surface area (Å²) in [6, 6.07) is 7.20. The first-order valence-corrected chi connectivity index (χ1v) is 6.29. The van der Waals surface area contributed by atoms with Gasteiger partial charge in [-0.1, -0.05) is 6.07 Å². The van der Waals surface area contributed by atoms with Crippen molar-refractivity contribution in [2.24, 2.45) is 0 Å². The lowest BCUT2D eigenvalue weighted by atomic mass is 10.2. The van der Waals surface area contributed by atoms with Crippen LogP contribution in [0.25, 0.3) is 0 Å². The quantitative estimate of drug-likeness (QED) is 0.696. The fourth-order valence-corrected chi connectivity index (χ4v) is 1.65. The third kappa shape index (κ3) is 4.78. The Hall–Kier alpha value is -2.26. The van der Waals surface area contributed by atoms with Gasteiger partial charge in [0.05, 0.1) is 24.9 Å². The van der Waals surface area contributed by atoms with Crippen LogP contribution in [0.3, 0.4) is 0 Å². The third-order valence-electron chi connectivity index (χ3n) is 2.64. The zero-order valence-electron chi connectivity index (χ0n) is 11.7. The number of hydrogen-bond donors (Lipinski definition) is 2. The average molecular weight is 277 g/mol. The normalized spacial score (nSPS) is 9.65. The molecule has 0 heterocycles. The highest BCUT2D eigenvalue weighted by molar-refractivity contribution is 5.82. The fraction of sp³-hybridized carbons (Fsp3) is 0.429. The maximum atomic E-state index is 11.6. The molecule has 0 aliphatic heterocycles. The minimum absolute atomic E-state index is 0.0854. The Morgan fingerprint density at radius 1 is 1.40 bits per heavy atom. The van der Waals surface area contributed by atoms with Crippen molar-refractivity contribution in [1.82, 2.24) is 5.32 Å². The Balaban J connectivity index is 2.53. The number of benzene rings is 1. The lowest BCUT2D eigenvalue weighted by Gasteiger charge is -2.12. The maximum absolute atomic E-state index is 11.6. The standard InChI is InChI=1S/C14H19N3O3/c1-19-8-4-7-16-13(18)10-17-14-11(9-15)5-3-6-12(14)20-2/h3,5-6,17H,4,7-8,10H2,1-2H3,(H,16,18). The molecule has 0 fully saturated rings. The molecule has 0 bridgehead atoms. The molecule has 0 radical (unpaired) electrons. The van der Waals surface area contributed by atoms with E-state index in [1.807, 2.05) is 0 Å². The summed E-state index contributed by atoms with van der Waals surface area (Å²) in [6.45, 7) is 1.26. The van der Waals surface area contributed by atoms with Crippen molar-refractivity contribution in [2.45, 2.75) is 6.42 Å². The Bertz CT molecular complexity index is 483. The van der Waals surface area contributed by atoms with Crippen LogP contribution in [-0.2, 0) is 9.53 Å². The lowest BCUT2D eigenvalue weighted by Crippen LogP contribution is -2.31. The monoisotopic (exact) mass is 277 g/mol. The Morgan fingerprint density at radius 2 is 2.20 bits per heavy atom. The van der Waals surface area contributed by atoms with Crippen LogP contribution < -0.4 is 15.4 Å². The second-order valence-corrected chi connectivity index (χ2v) is 4.04. The van der Waals surface area contributed by atoms with Crippen molar-refractivity contribution in [1.29, 1.82) is 5.26 Å². The van der Waals surface area contributed by atoms with Crippen LogP contribution in [0, 0.1) is 11.3 Å². The molecule has 0 unspecified atom stereocenters. The molecule has 108 valence electrons. The molecule has 6 heteroatoms. The van der Waals surface area contributed by atoms with Gasteiger partial charge in [-0.3, -0.25) is 4.79 Å². The largest absolute Gasteiger partial charge is 0.495 e. The molecule has 1 rings (SSSR count). The fourth-order valence-electron chi connectivity index (χ4n) is 1.65. The van der Waals surface area contributed by atoms with E-state index in [0.717, 1.165) is 6.42 Å². The van der Waals surface area contributed by atoms with Gasteiger partial charge in [0.1, 0.15) is 11.8 Å². The van der Waals surface area contributed by atoms with Crippen LogP contribution in [0.15, 0.2) is 18.2 Å². The number of nitriles is 1. The molecule has 0 saturated carbocycles. The summed E-state index contributed by atoms with van der Waals surface area (Å²) in [4.78, 5) is 11.6. The molecule has 0 aliphatic rings. The number of carbonyl (C=O) groups is 1. The average Bonchev–Trinajstić information content (AvgIpc) is 2.49. The van der Waals surface area contributed by atoms with Crippen molar-refractivity contribution in [3.63, 3.8) is 0 Å². The first-order valence-electron chi connectivity index (χ1n) is 6.29. The summed E-state index contributed by atoms with van der Waals surface area (Å²) >= 11 is 0. The number of anilines is 1. The number of hydrogen-bond acceptors (Lipinski definition) is 5. The number of rotatable bonds is 8. The highest BCUT2D eigenvalue weighted by atomic mass is 16.5. The van der Waals surface area contributed by atoms with E-state index >= 15 is 0 Å². The van der Waals surface area contributed by atoms with E-state index in [2.05, 4.69) is 16.7 Å². The van der Waals surface area contributed by atoms with E-state index in [0.29, 0.717) is 30.2 Å². The second-order valence-electron chi connectivity index (χ2n) is 4.04. The van der Waals surface area contributed by atoms with Crippen LogP contribution in [0.5, 0.6) is 5.75 Å². The summed E-state index contributed by atoms with van der Waals surface area (Å²) in [7, 11) is 3.14. The second kappa shape index (κ2) is 8.77. The molecule has 0 aromatic heterocycles. The molecule has 1 aromatic rings. The number of methoxy groups -OCH3 is 2. The molecule has 0 aliphatic carbocycles. The Morgan fingerprint density at radius 3 is 2.85 bits per heavy atom. The van der Waals surface area contributed by atoms with E-state index < -0.39 is 0 Å². The van der Waals surface area contributed by atoms with Gasteiger partial charge in [-0.2, -0.15) is 5.26 Å². The first-order chi connectivity index (χ1) is 9.72. The Kier molecular flexibility index (Phi) is 6.93. The molecule has 1 amide bonds. The number of para-hydroxylation sites is 1. The summed E-state index contributed by atoms with van der Waals surface area (Å²) in [5.74, 6) is 0.395. The van der Waals surface area contributed by atoms with Gasteiger partial charge in [0.15, 0.2) is 0 Å². The minimum atomic E-state index is -0.143. The Labute approximate surface area is 118 Å². The van der Waals surface area contributed by atoms with Crippen molar-refractivity contribution < 1.29 is 14.3 Å². The molecule has 2 N–H and O–H groups in total. The predicted octanol–water partition coefficient (Wildman–Crippen LogP) is 1.13. The number of amides is 1. The van der Waals surface area contributed by atoms with Gasteiger partial charge in [-0.25, -0.2) is 0 Å². The third-order valence-corrected chi connectivity index (χ3v) is 2.64. The molecule has 0 saturated heterocycles. The predicted molar refractivity (Wildman–Crippen MR) is 75.7 cm³/mol. The smallest absolute Gasteiger partial charge is 0.239 e. The lowest BCUT2D eigenvalue weighted by molar-refractivity contribution is -0.119. The van der Waals surface area contributed by atoms with Crippen LogP contribution in [0.2, 0.25) is 0 Å². The SMILES string of the molecule is COCCCNC(=O)CNc1c(C#N)cccc1OC. The van der Waals surface area contributed by atoms with Gasteiger partial charge < -0.3 is 20.1 Å². The zero-order chi connectivity index (χ0) is 14.8. The summed E-state index contributed by atoms with van der Waals surface area (Å²) in [5.41, 5.74) is 0.973. The van der Waals surface area contributed by atoms with Gasteiger partial charge in [0.25, 0.3) is 0 Å². The van der Waals surface area contributed by atoms with E-state index in [9.17, 15) is 4.79 Å². The number of carbonyl (C=O) groups excluding carboxylic acids is 1. The molecular formula is C14H19N3O3. The molecular weight excluding hydrogens is 258 g/mol. The molecule has 1 aromatic carbocycles. The van der Waals surface area contributed by atoms with Crippen LogP contribution in [-0.4, -0.2) is 39.8 Å². The van der Waals surface area contributed by atoms with E-state index in [1.165, 1.54) is 7.11 Å². The summed E-state index contributed by atoms with van der Waals surface area (Å²) in [6.07, 6.45) is 0.764. The van der Waals surface area contributed by atoms with Gasteiger partial charge >= 0.3 is 0 Å². The van der Waals surface area contributed by atoms with Gasteiger partial charge in [-0.05, 0) is 18.6 Å². The van der Waals surface area contributed by atoms with Crippen molar-refractivity contribution in [2.75, 3.05) is 39.2 Å². The van der Waals surface area contributed by atoms with Crippen molar-refractivity contribution in [3.8, 4) is 11.8 Å². The van der Waals surface area contributed by atoms with Gasteiger partial charge in [0, 0.05) is 20.3 Å². The molecule has 0 spiro atoms. The highest BCUT2D eigenvalue weighted by Gasteiger charge is 2.09. The summed E-state index contributed by atoms with van der Waals surface area (Å²) < 4.78 is 10.1. The van der Waals surface area contributed by atoms with E-state index in [1.54, 1.807) is 25.3 Å². The molecule has 20 heavy (non-hydrogen) atoms. The van der Waals surface area contributed by atoms with Gasteiger partial charge in [-0.15, -0.1) is 0 Å².